The van der Waals surface area contributed by atoms with Gasteiger partial charge in [-0.3, -0.25) is 0 Å². The van der Waals surface area contributed by atoms with Crippen LogP contribution in [0.3, 0.4) is 0 Å². The van der Waals surface area contributed by atoms with Crippen molar-refractivity contribution in [2.45, 2.75) is 33.4 Å². The van der Waals surface area contributed by atoms with Gasteiger partial charge < -0.3 is 10.3 Å². The molecule has 1 atom stereocenters. The topological polar surface area (TPSA) is 43.8 Å². The molecule has 1 aromatic carbocycles. The van der Waals surface area contributed by atoms with Crippen molar-refractivity contribution < 1.29 is 4.39 Å². The molecular formula is C13H18FN3. The average molecular weight is 235 g/mol. The van der Waals surface area contributed by atoms with Crippen LogP contribution in [0.2, 0.25) is 0 Å². The minimum atomic E-state index is -0.261. The minimum absolute atomic E-state index is 0.120. The lowest BCUT2D eigenvalue weighted by atomic mass is 10.1. The first kappa shape index (κ1) is 12.0. The fourth-order valence-electron chi connectivity index (χ4n) is 2.01. The standard InChI is InChI=1S/C13H18FN3/c1-4-17-11-6-5-9(14)7-10(11)16-13(17)12(15)8(2)3/h5-8,12H,4,15H2,1-3H3. The maximum Gasteiger partial charge on any atom is 0.127 e. The highest BCUT2D eigenvalue weighted by Gasteiger charge is 2.18. The van der Waals surface area contributed by atoms with Crippen molar-refractivity contribution in [3.8, 4) is 0 Å². The van der Waals surface area contributed by atoms with Gasteiger partial charge >= 0.3 is 0 Å². The summed E-state index contributed by atoms with van der Waals surface area (Å²) in [6.45, 7) is 6.95. The molecule has 0 spiro atoms. The van der Waals surface area contributed by atoms with Gasteiger partial charge in [-0.2, -0.15) is 0 Å². The minimum Gasteiger partial charge on any atom is -0.327 e. The molecule has 92 valence electrons. The summed E-state index contributed by atoms with van der Waals surface area (Å²) in [6.07, 6.45) is 0. The van der Waals surface area contributed by atoms with Crippen molar-refractivity contribution in [3.05, 3.63) is 29.8 Å². The molecule has 0 aliphatic rings. The first-order valence-electron chi connectivity index (χ1n) is 5.95. The van der Waals surface area contributed by atoms with E-state index in [9.17, 15) is 4.39 Å². The molecular weight excluding hydrogens is 217 g/mol. The van der Waals surface area contributed by atoms with E-state index in [1.807, 2.05) is 6.92 Å². The summed E-state index contributed by atoms with van der Waals surface area (Å²) in [5.74, 6) is 0.882. The molecule has 0 saturated heterocycles. The Hall–Kier alpha value is -1.42. The van der Waals surface area contributed by atoms with Crippen LogP contribution in [-0.4, -0.2) is 9.55 Å². The summed E-state index contributed by atoms with van der Waals surface area (Å²) in [7, 11) is 0. The Kier molecular flexibility index (Phi) is 3.15. The van der Waals surface area contributed by atoms with Crippen molar-refractivity contribution in [2.24, 2.45) is 11.7 Å². The second kappa shape index (κ2) is 4.45. The number of nitrogens with two attached hydrogens (primary N) is 1. The van der Waals surface area contributed by atoms with Gasteiger partial charge in [-0.1, -0.05) is 13.8 Å². The molecule has 0 amide bonds. The highest BCUT2D eigenvalue weighted by Crippen LogP contribution is 2.24. The van der Waals surface area contributed by atoms with Crippen molar-refractivity contribution in [1.82, 2.24) is 9.55 Å². The molecule has 1 heterocycles. The third kappa shape index (κ3) is 2.05. The van der Waals surface area contributed by atoms with E-state index in [-0.39, 0.29) is 11.9 Å². The average Bonchev–Trinajstić information content (AvgIpc) is 2.64. The molecule has 0 saturated carbocycles. The van der Waals surface area contributed by atoms with E-state index < -0.39 is 0 Å². The van der Waals surface area contributed by atoms with Gasteiger partial charge in [0.2, 0.25) is 0 Å². The summed E-state index contributed by atoms with van der Waals surface area (Å²) in [5, 5.41) is 0. The zero-order valence-corrected chi connectivity index (χ0v) is 10.4. The van der Waals surface area contributed by atoms with Crippen molar-refractivity contribution in [1.29, 1.82) is 0 Å². The predicted molar refractivity (Wildman–Crippen MR) is 67.1 cm³/mol. The number of hydrogen-bond acceptors (Lipinski definition) is 2. The first-order chi connectivity index (χ1) is 8.04. The molecule has 1 unspecified atom stereocenters. The molecule has 0 aliphatic heterocycles. The van der Waals surface area contributed by atoms with Crippen LogP contribution in [0.1, 0.15) is 32.6 Å². The number of aryl methyl sites for hydroxylation is 1. The summed E-state index contributed by atoms with van der Waals surface area (Å²) >= 11 is 0. The van der Waals surface area contributed by atoms with Gasteiger partial charge in [-0.25, -0.2) is 9.37 Å². The van der Waals surface area contributed by atoms with Gasteiger partial charge in [-0.05, 0) is 25.0 Å². The van der Waals surface area contributed by atoms with Crippen LogP contribution in [0, 0.1) is 11.7 Å². The molecule has 1 aromatic heterocycles. The highest BCUT2D eigenvalue weighted by atomic mass is 19.1. The Morgan fingerprint density at radius 2 is 2.12 bits per heavy atom. The van der Waals surface area contributed by atoms with E-state index in [0.29, 0.717) is 11.4 Å². The largest absolute Gasteiger partial charge is 0.327 e. The Labute approximate surface area is 100 Å². The van der Waals surface area contributed by atoms with Gasteiger partial charge in [0, 0.05) is 12.6 Å². The maximum absolute atomic E-state index is 13.2. The fraction of sp³-hybridized carbons (Fsp3) is 0.462. The monoisotopic (exact) mass is 235 g/mol. The number of halogens is 1. The van der Waals surface area contributed by atoms with E-state index in [2.05, 4.69) is 23.4 Å². The number of fused-ring (bicyclic) bond motifs is 1. The van der Waals surface area contributed by atoms with Crippen LogP contribution in [0.25, 0.3) is 11.0 Å². The molecule has 2 rings (SSSR count). The van der Waals surface area contributed by atoms with Gasteiger partial charge in [0.25, 0.3) is 0 Å². The molecule has 0 fully saturated rings. The Balaban J connectivity index is 2.63. The zero-order chi connectivity index (χ0) is 12.6. The molecule has 0 aliphatic carbocycles. The van der Waals surface area contributed by atoms with Crippen molar-refractivity contribution >= 4 is 11.0 Å². The lowest BCUT2D eigenvalue weighted by Gasteiger charge is -2.16. The van der Waals surface area contributed by atoms with Gasteiger partial charge in [0.1, 0.15) is 11.6 Å². The maximum atomic E-state index is 13.2. The number of nitrogens with zero attached hydrogens (tertiary/aromatic N) is 2. The zero-order valence-electron chi connectivity index (χ0n) is 10.4. The van der Waals surface area contributed by atoms with E-state index in [1.165, 1.54) is 12.1 Å². The SMILES string of the molecule is CCn1c(C(N)C(C)C)nc2cc(F)ccc21. The molecule has 2 aromatic rings. The van der Waals surface area contributed by atoms with Crippen molar-refractivity contribution in [3.63, 3.8) is 0 Å². The number of aromatic nitrogens is 2. The van der Waals surface area contributed by atoms with E-state index in [4.69, 9.17) is 5.73 Å². The van der Waals surface area contributed by atoms with E-state index in [1.54, 1.807) is 6.07 Å². The third-order valence-corrected chi connectivity index (χ3v) is 3.07. The van der Waals surface area contributed by atoms with Gasteiger partial charge in [0.05, 0.1) is 17.1 Å². The van der Waals surface area contributed by atoms with Crippen LogP contribution in [0.15, 0.2) is 18.2 Å². The van der Waals surface area contributed by atoms with Crippen LogP contribution < -0.4 is 5.73 Å². The molecule has 17 heavy (non-hydrogen) atoms. The summed E-state index contributed by atoms with van der Waals surface area (Å²) in [5.41, 5.74) is 7.76. The summed E-state index contributed by atoms with van der Waals surface area (Å²) < 4.78 is 15.2. The van der Waals surface area contributed by atoms with Crippen LogP contribution in [-0.2, 0) is 6.54 Å². The van der Waals surface area contributed by atoms with Crippen LogP contribution >= 0.6 is 0 Å². The number of hydrogen-bond donors (Lipinski definition) is 1. The quantitative estimate of drug-likeness (QED) is 0.889. The molecule has 3 nitrogen and oxygen atoms in total. The van der Waals surface area contributed by atoms with E-state index >= 15 is 0 Å². The Morgan fingerprint density at radius 3 is 2.71 bits per heavy atom. The van der Waals surface area contributed by atoms with Crippen LogP contribution in [0.5, 0.6) is 0 Å². The summed E-state index contributed by atoms with van der Waals surface area (Å²) in [4.78, 5) is 4.46. The third-order valence-electron chi connectivity index (χ3n) is 3.07. The molecule has 4 heteroatoms. The predicted octanol–water partition coefficient (Wildman–Crippen LogP) is 2.85. The lowest BCUT2D eigenvalue weighted by Crippen LogP contribution is -2.21. The Bertz CT molecular complexity index is 531. The smallest absolute Gasteiger partial charge is 0.127 e. The number of imidazole rings is 1. The normalized spacial score (nSPS) is 13.5. The number of rotatable bonds is 3. The fourth-order valence-corrected chi connectivity index (χ4v) is 2.01. The molecule has 0 bridgehead atoms. The van der Waals surface area contributed by atoms with Crippen LogP contribution in [0.4, 0.5) is 4.39 Å². The molecule has 0 radical (unpaired) electrons. The second-order valence-corrected chi connectivity index (χ2v) is 4.62. The highest BCUT2D eigenvalue weighted by molar-refractivity contribution is 5.76. The van der Waals surface area contributed by atoms with E-state index in [0.717, 1.165) is 17.9 Å². The second-order valence-electron chi connectivity index (χ2n) is 4.62. The van der Waals surface area contributed by atoms with Gasteiger partial charge in [-0.15, -0.1) is 0 Å². The van der Waals surface area contributed by atoms with Crippen molar-refractivity contribution in [2.75, 3.05) is 0 Å². The lowest BCUT2D eigenvalue weighted by molar-refractivity contribution is 0.472. The summed E-state index contributed by atoms with van der Waals surface area (Å²) in [6, 6.07) is 4.56. The van der Waals surface area contributed by atoms with Gasteiger partial charge in [0.15, 0.2) is 0 Å². The Morgan fingerprint density at radius 1 is 1.41 bits per heavy atom. The molecule has 2 N–H and O–H groups in total. The first-order valence-corrected chi connectivity index (χ1v) is 5.95. The number of benzene rings is 1.